The van der Waals surface area contributed by atoms with Crippen LogP contribution in [-0.2, 0) is 10.0 Å². The van der Waals surface area contributed by atoms with E-state index < -0.39 is 10.0 Å². The maximum Gasteiger partial charge on any atom is 0.240 e. The zero-order chi connectivity index (χ0) is 12.7. The topological polar surface area (TPSA) is 55.4 Å². The Hall–Kier alpha value is -1.07. The largest absolute Gasteiger partial charge is 0.494 e. The van der Waals surface area contributed by atoms with E-state index >= 15 is 0 Å². The Balaban J connectivity index is 2.57. The van der Waals surface area contributed by atoms with Gasteiger partial charge in [0.1, 0.15) is 5.75 Å². The van der Waals surface area contributed by atoms with Crippen LogP contribution in [0.4, 0.5) is 0 Å². The van der Waals surface area contributed by atoms with Crippen LogP contribution in [0.2, 0.25) is 0 Å². The third kappa shape index (κ3) is 4.36. The molecule has 0 radical (unpaired) electrons. The van der Waals surface area contributed by atoms with E-state index in [1.165, 1.54) is 7.05 Å². The van der Waals surface area contributed by atoms with Gasteiger partial charge in [-0.05, 0) is 37.7 Å². The molecule has 0 heterocycles. The van der Waals surface area contributed by atoms with Gasteiger partial charge in [0.25, 0.3) is 0 Å². The van der Waals surface area contributed by atoms with E-state index in [0.29, 0.717) is 12.4 Å². The monoisotopic (exact) mass is 257 g/mol. The summed E-state index contributed by atoms with van der Waals surface area (Å²) in [6.07, 6.45) is 3.32. The van der Waals surface area contributed by atoms with Crippen molar-refractivity contribution < 1.29 is 13.2 Å². The predicted molar refractivity (Wildman–Crippen MR) is 67.7 cm³/mol. The molecule has 4 nitrogen and oxygen atoms in total. The molecule has 1 aromatic carbocycles. The van der Waals surface area contributed by atoms with Crippen LogP contribution >= 0.6 is 0 Å². The number of ether oxygens (including phenoxy) is 1. The number of hydrogen-bond acceptors (Lipinski definition) is 3. The molecule has 0 atom stereocenters. The number of hydrogen-bond donors (Lipinski definition) is 1. The summed E-state index contributed by atoms with van der Waals surface area (Å²) in [5.41, 5.74) is 0. The molecule has 0 aliphatic carbocycles. The molecule has 0 aliphatic rings. The quantitative estimate of drug-likeness (QED) is 0.762. The molecule has 5 heteroatoms. The second kappa shape index (κ2) is 6.61. The standard InChI is InChI=1S/C12H19NO3S/c1-3-4-5-10-16-11-6-8-12(9-7-11)17(14,15)13-2/h6-9,13H,3-5,10H2,1-2H3. The van der Waals surface area contributed by atoms with Crippen LogP contribution in [0.3, 0.4) is 0 Å². The number of benzene rings is 1. The summed E-state index contributed by atoms with van der Waals surface area (Å²) in [6, 6.07) is 6.44. The first-order valence-electron chi connectivity index (χ1n) is 5.76. The van der Waals surface area contributed by atoms with Crippen LogP contribution in [0.15, 0.2) is 29.2 Å². The minimum Gasteiger partial charge on any atom is -0.494 e. The Morgan fingerprint density at radius 2 is 1.82 bits per heavy atom. The van der Waals surface area contributed by atoms with Crippen molar-refractivity contribution >= 4 is 10.0 Å². The highest BCUT2D eigenvalue weighted by atomic mass is 32.2. The SMILES string of the molecule is CCCCCOc1ccc(S(=O)(=O)NC)cc1. The maximum atomic E-state index is 11.5. The molecule has 0 bridgehead atoms. The number of rotatable bonds is 7. The van der Waals surface area contributed by atoms with E-state index in [9.17, 15) is 8.42 Å². The van der Waals surface area contributed by atoms with Gasteiger partial charge in [-0.1, -0.05) is 19.8 Å². The van der Waals surface area contributed by atoms with Crippen molar-refractivity contribution in [2.75, 3.05) is 13.7 Å². The van der Waals surface area contributed by atoms with Gasteiger partial charge in [0.15, 0.2) is 0 Å². The zero-order valence-corrected chi connectivity index (χ0v) is 11.1. The molecular weight excluding hydrogens is 238 g/mol. The average Bonchev–Trinajstić information content (AvgIpc) is 2.35. The summed E-state index contributed by atoms with van der Waals surface area (Å²) in [7, 11) is -1.96. The fraction of sp³-hybridized carbons (Fsp3) is 0.500. The summed E-state index contributed by atoms with van der Waals surface area (Å²) >= 11 is 0. The Bertz CT molecular complexity index is 426. The summed E-state index contributed by atoms with van der Waals surface area (Å²) in [6.45, 7) is 2.81. The molecule has 1 rings (SSSR count). The fourth-order valence-corrected chi connectivity index (χ4v) is 2.11. The van der Waals surface area contributed by atoms with Gasteiger partial charge >= 0.3 is 0 Å². The van der Waals surface area contributed by atoms with Crippen molar-refractivity contribution in [3.05, 3.63) is 24.3 Å². The smallest absolute Gasteiger partial charge is 0.240 e. The van der Waals surface area contributed by atoms with Gasteiger partial charge in [0.2, 0.25) is 10.0 Å². The number of unbranched alkanes of at least 4 members (excludes halogenated alkanes) is 2. The third-order valence-corrected chi connectivity index (χ3v) is 3.85. The lowest BCUT2D eigenvalue weighted by Gasteiger charge is -2.07. The van der Waals surface area contributed by atoms with Crippen molar-refractivity contribution in [2.24, 2.45) is 0 Å². The molecule has 96 valence electrons. The first-order chi connectivity index (χ1) is 8.10. The molecule has 0 fully saturated rings. The van der Waals surface area contributed by atoms with Gasteiger partial charge in [-0.3, -0.25) is 0 Å². The third-order valence-electron chi connectivity index (χ3n) is 2.42. The normalized spacial score (nSPS) is 11.4. The zero-order valence-electron chi connectivity index (χ0n) is 10.3. The molecule has 1 N–H and O–H groups in total. The number of sulfonamides is 1. The second-order valence-electron chi connectivity index (χ2n) is 3.73. The Morgan fingerprint density at radius 3 is 2.35 bits per heavy atom. The van der Waals surface area contributed by atoms with E-state index in [2.05, 4.69) is 11.6 Å². The van der Waals surface area contributed by atoms with E-state index in [1.807, 2.05) is 0 Å². The molecule has 0 aliphatic heterocycles. The van der Waals surface area contributed by atoms with Crippen molar-refractivity contribution in [1.29, 1.82) is 0 Å². The lowest BCUT2D eigenvalue weighted by molar-refractivity contribution is 0.306. The number of nitrogens with one attached hydrogen (secondary N) is 1. The highest BCUT2D eigenvalue weighted by molar-refractivity contribution is 7.89. The molecule has 0 unspecified atom stereocenters. The van der Waals surface area contributed by atoms with Gasteiger partial charge in [-0.15, -0.1) is 0 Å². The molecule has 0 aromatic heterocycles. The van der Waals surface area contributed by atoms with Gasteiger partial charge in [-0.25, -0.2) is 13.1 Å². The summed E-state index contributed by atoms with van der Waals surface area (Å²) in [4.78, 5) is 0.251. The Morgan fingerprint density at radius 1 is 1.18 bits per heavy atom. The Kier molecular flexibility index (Phi) is 5.44. The lowest BCUT2D eigenvalue weighted by Crippen LogP contribution is -2.18. The van der Waals surface area contributed by atoms with E-state index in [4.69, 9.17) is 4.74 Å². The van der Waals surface area contributed by atoms with Gasteiger partial charge in [-0.2, -0.15) is 0 Å². The fourth-order valence-electron chi connectivity index (χ4n) is 1.37. The molecule has 0 amide bonds. The first-order valence-corrected chi connectivity index (χ1v) is 7.25. The van der Waals surface area contributed by atoms with Gasteiger partial charge in [0, 0.05) is 0 Å². The minimum atomic E-state index is -3.35. The Labute approximate surface area is 103 Å². The van der Waals surface area contributed by atoms with Crippen LogP contribution in [0.5, 0.6) is 5.75 Å². The summed E-state index contributed by atoms with van der Waals surface area (Å²) in [5, 5.41) is 0. The van der Waals surface area contributed by atoms with E-state index in [0.717, 1.165) is 19.3 Å². The van der Waals surface area contributed by atoms with Crippen LogP contribution < -0.4 is 9.46 Å². The summed E-state index contributed by atoms with van der Waals surface area (Å²) in [5.74, 6) is 0.705. The first kappa shape index (κ1) is 14.0. The van der Waals surface area contributed by atoms with Crippen LogP contribution in [-0.4, -0.2) is 22.1 Å². The molecule has 1 aromatic rings. The second-order valence-corrected chi connectivity index (χ2v) is 5.62. The molecule has 0 spiro atoms. The lowest BCUT2D eigenvalue weighted by atomic mass is 10.3. The average molecular weight is 257 g/mol. The molecular formula is C12H19NO3S. The van der Waals surface area contributed by atoms with Gasteiger partial charge in [0.05, 0.1) is 11.5 Å². The highest BCUT2D eigenvalue weighted by Crippen LogP contribution is 2.15. The van der Waals surface area contributed by atoms with Crippen molar-refractivity contribution in [2.45, 2.75) is 31.1 Å². The maximum absolute atomic E-state index is 11.5. The molecule has 0 saturated heterocycles. The molecule has 17 heavy (non-hydrogen) atoms. The highest BCUT2D eigenvalue weighted by Gasteiger charge is 2.10. The molecule has 0 saturated carbocycles. The predicted octanol–water partition coefficient (Wildman–Crippen LogP) is 2.16. The van der Waals surface area contributed by atoms with Crippen LogP contribution in [0.25, 0.3) is 0 Å². The summed E-state index contributed by atoms with van der Waals surface area (Å²) < 4.78 is 30.7. The van der Waals surface area contributed by atoms with Crippen molar-refractivity contribution in [3.63, 3.8) is 0 Å². The van der Waals surface area contributed by atoms with E-state index in [1.54, 1.807) is 24.3 Å². The van der Waals surface area contributed by atoms with E-state index in [-0.39, 0.29) is 4.90 Å². The van der Waals surface area contributed by atoms with Crippen molar-refractivity contribution in [1.82, 2.24) is 4.72 Å². The van der Waals surface area contributed by atoms with Gasteiger partial charge < -0.3 is 4.74 Å². The van der Waals surface area contributed by atoms with Crippen LogP contribution in [0.1, 0.15) is 26.2 Å². The van der Waals surface area contributed by atoms with Crippen LogP contribution in [0, 0.1) is 0 Å². The van der Waals surface area contributed by atoms with Crippen molar-refractivity contribution in [3.8, 4) is 5.75 Å². The minimum absolute atomic E-state index is 0.251.